The Morgan fingerprint density at radius 2 is 1.83 bits per heavy atom. The molecule has 4 nitrogen and oxygen atoms in total. The fraction of sp³-hybridized carbons (Fsp3) is 0.920. The summed E-state index contributed by atoms with van der Waals surface area (Å²) in [6, 6.07) is 0. The van der Waals surface area contributed by atoms with Gasteiger partial charge in [0, 0.05) is 13.1 Å². The van der Waals surface area contributed by atoms with Gasteiger partial charge in [0.25, 0.3) is 0 Å². The van der Waals surface area contributed by atoms with Gasteiger partial charge in [-0.15, -0.1) is 5.16 Å². The Morgan fingerprint density at radius 3 is 2.55 bits per heavy atom. The van der Waals surface area contributed by atoms with Crippen LogP contribution in [0.3, 0.4) is 0 Å². The maximum absolute atomic E-state index is 11.4. The molecule has 4 rings (SSSR count). The molecular weight excluding hydrogens is 362 g/mol. The number of ether oxygens (including phenoxy) is 1. The summed E-state index contributed by atoms with van der Waals surface area (Å²) in [4.78, 5) is 11.4. The maximum atomic E-state index is 11.4. The van der Waals surface area contributed by atoms with Crippen molar-refractivity contribution in [1.29, 1.82) is 0 Å². The zero-order valence-electron chi connectivity index (χ0n) is 18.9. The summed E-state index contributed by atoms with van der Waals surface area (Å²) in [5.74, 6) is 4.57. The predicted octanol–water partition coefficient (Wildman–Crippen LogP) is 6.06. The number of rotatable bonds is 4. The van der Waals surface area contributed by atoms with Crippen LogP contribution in [0.1, 0.15) is 91.9 Å². The van der Waals surface area contributed by atoms with Crippen LogP contribution in [0.15, 0.2) is 5.16 Å². The highest BCUT2D eigenvalue weighted by Gasteiger charge is 2.60. The SMILES string of the molecule is CC(=O)O[C@@H]1CC[C@@]2(C)[C@H](CC[C@@H]3[C@@H]2CC[C@]2(C)[C@@H]([C@H](C)C/C=N/O)CC[C@@H]32)C1. The molecule has 4 saturated carbocycles. The molecule has 1 N–H and O–H groups in total. The van der Waals surface area contributed by atoms with E-state index in [1.165, 1.54) is 44.9 Å². The molecule has 0 spiro atoms. The average Bonchev–Trinajstić information content (AvgIpc) is 3.03. The molecule has 0 saturated heterocycles. The van der Waals surface area contributed by atoms with Crippen LogP contribution in [0.5, 0.6) is 0 Å². The van der Waals surface area contributed by atoms with Crippen molar-refractivity contribution < 1.29 is 14.7 Å². The van der Waals surface area contributed by atoms with Gasteiger partial charge in [0.1, 0.15) is 6.10 Å². The smallest absolute Gasteiger partial charge is 0.302 e. The van der Waals surface area contributed by atoms with Gasteiger partial charge in [-0.1, -0.05) is 20.8 Å². The molecule has 0 amide bonds. The van der Waals surface area contributed by atoms with Gasteiger partial charge in [-0.2, -0.15) is 0 Å². The van der Waals surface area contributed by atoms with Crippen molar-refractivity contribution in [3.05, 3.63) is 0 Å². The van der Waals surface area contributed by atoms with E-state index in [1.807, 2.05) is 0 Å². The molecule has 0 aromatic carbocycles. The van der Waals surface area contributed by atoms with Crippen molar-refractivity contribution in [2.24, 2.45) is 51.5 Å². The van der Waals surface area contributed by atoms with Crippen LogP contribution < -0.4 is 0 Å². The number of esters is 1. The largest absolute Gasteiger partial charge is 0.463 e. The van der Waals surface area contributed by atoms with E-state index < -0.39 is 0 Å². The molecule has 0 bridgehead atoms. The third-order valence-electron chi connectivity index (χ3n) is 10.3. The summed E-state index contributed by atoms with van der Waals surface area (Å²) in [5.41, 5.74) is 0.899. The average molecular weight is 404 g/mol. The Hall–Kier alpha value is -1.06. The summed E-state index contributed by atoms with van der Waals surface area (Å²) in [6.45, 7) is 9.08. The van der Waals surface area contributed by atoms with Crippen LogP contribution in [-0.2, 0) is 9.53 Å². The molecule has 0 unspecified atom stereocenters. The van der Waals surface area contributed by atoms with E-state index >= 15 is 0 Å². The fourth-order valence-corrected chi connectivity index (χ4v) is 8.91. The number of nitrogens with zero attached hydrogens (tertiary/aromatic N) is 1. The zero-order chi connectivity index (χ0) is 20.8. The molecule has 29 heavy (non-hydrogen) atoms. The third kappa shape index (κ3) is 3.53. The second kappa shape index (κ2) is 7.89. The molecule has 4 aliphatic rings. The summed E-state index contributed by atoms with van der Waals surface area (Å²) >= 11 is 0. The highest BCUT2D eigenvalue weighted by molar-refractivity contribution is 5.66. The Labute approximate surface area is 176 Å². The lowest BCUT2D eigenvalue weighted by Gasteiger charge is -2.61. The summed E-state index contributed by atoms with van der Waals surface area (Å²) in [7, 11) is 0. The summed E-state index contributed by atoms with van der Waals surface area (Å²) < 4.78 is 5.61. The summed E-state index contributed by atoms with van der Waals surface area (Å²) in [5, 5.41) is 12.1. The van der Waals surface area contributed by atoms with Crippen LogP contribution >= 0.6 is 0 Å². The van der Waals surface area contributed by atoms with Crippen LogP contribution in [0.4, 0.5) is 0 Å². The first-order valence-electron chi connectivity index (χ1n) is 12.1. The zero-order valence-corrected chi connectivity index (χ0v) is 18.9. The number of fused-ring (bicyclic) bond motifs is 5. The predicted molar refractivity (Wildman–Crippen MR) is 115 cm³/mol. The molecule has 0 heterocycles. The first-order valence-corrected chi connectivity index (χ1v) is 12.1. The lowest BCUT2D eigenvalue weighted by molar-refractivity contribution is -0.160. The van der Waals surface area contributed by atoms with Crippen LogP contribution in [0, 0.1) is 46.3 Å². The highest BCUT2D eigenvalue weighted by Crippen LogP contribution is 2.68. The van der Waals surface area contributed by atoms with Crippen molar-refractivity contribution in [2.45, 2.75) is 98.0 Å². The van der Waals surface area contributed by atoms with Gasteiger partial charge in [0.15, 0.2) is 0 Å². The Bertz CT molecular complexity index is 648. The Kier molecular flexibility index (Phi) is 5.76. The molecular formula is C25H41NO3. The monoisotopic (exact) mass is 403 g/mol. The minimum atomic E-state index is -0.113. The van der Waals surface area contributed by atoms with Crippen molar-refractivity contribution in [2.75, 3.05) is 0 Å². The molecule has 0 radical (unpaired) electrons. The van der Waals surface area contributed by atoms with E-state index in [0.29, 0.717) is 16.7 Å². The molecule has 4 aliphatic carbocycles. The topological polar surface area (TPSA) is 58.9 Å². The first-order chi connectivity index (χ1) is 13.8. The van der Waals surface area contributed by atoms with Gasteiger partial charge in [0.05, 0.1) is 0 Å². The summed E-state index contributed by atoms with van der Waals surface area (Å²) in [6.07, 6.45) is 14.3. The van der Waals surface area contributed by atoms with Crippen molar-refractivity contribution in [3.8, 4) is 0 Å². The third-order valence-corrected chi connectivity index (χ3v) is 10.3. The lowest BCUT2D eigenvalue weighted by atomic mass is 9.44. The molecule has 0 aliphatic heterocycles. The normalized spacial score (nSPS) is 47.9. The van der Waals surface area contributed by atoms with E-state index in [1.54, 1.807) is 13.1 Å². The molecule has 9 atom stereocenters. The molecule has 0 aromatic rings. The minimum Gasteiger partial charge on any atom is -0.463 e. The van der Waals surface area contributed by atoms with Crippen molar-refractivity contribution in [1.82, 2.24) is 0 Å². The second-order valence-electron chi connectivity index (χ2n) is 11.4. The molecule has 4 fully saturated rings. The van der Waals surface area contributed by atoms with E-state index in [9.17, 15) is 4.79 Å². The molecule has 164 valence electrons. The first kappa shape index (κ1) is 21.2. The molecule has 0 aromatic heterocycles. The number of hydrogen-bond donors (Lipinski definition) is 1. The quantitative estimate of drug-likeness (QED) is 0.268. The number of hydrogen-bond acceptors (Lipinski definition) is 4. The second-order valence-corrected chi connectivity index (χ2v) is 11.4. The van der Waals surface area contributed by atoms with Gasteiger partial charge < -0.3 is 9.94 Å². The van der Waals surface area contributed by atoms with Gasteiger partial charge in [-0.3, -0.25) is 4.79 Å². The van der Waals surface area contributed by atoms with Crippen LogP contribution in [0.25, 0.3) is 0 Å². The van der Waals surface area contributed by atoms with Gasteiger partial charge >= 0.3 is 5.97 Å². The van der Waals surface area contributed by atoms with E-state index in [-0.39, 0.29) is 12.1 Å². The van der Waals surface area contributed by atoms with Crippen LogP contribution in [-0.4, -0.2) is 23.5 Å². The van der Waals surface area contributed by atoms with Gasteiger partial charge in [-0.05, 0) is 111 Å². The highest BCUT2D eigenvalue weighted by atomic mass is 16.5. The van der Waals surface area contributed by atoms with Gasteiger partial charge in [0.2, 0.25) is 0 Å². The van der Waals surface area contributed by atoms with E-state index in [4.69, 9.17) is 9.94 Å². The Morgan fingerprint density at radius 1 is 1.10 bits per heavy atom. The maximum Gasteiger partial charge on any atom is 0.302 e. The molecule has 4 heteroatoms. The van der Waals surface area contributed by atoms with E-state index in [2.05, 4.69) is 25.9 Å². The van der Waals surface area contributed by atoms with Crippen molar-refractivity contribution in [3.63, 3.8) is 0 Å². The number of oxime groups is 1. The van der Waals surface area contributed by atoms with Gasteiger partial charge in [-0.25, -0.2) is 0 Å². The number of carbonyl (C=O) groups excluding carboxylic acids is 1. The van der Waals surface area contributed by atoms with Crippen molar-refractivity contribution >= 4 is 12.2 Å². The fourth-order valence-electron chi connectivity index (χ4n) is 8.91. The van der Waals surface area contributed by atoms with E-state index in [0.717, 1.165) is 48.9 Å². The number of carbonyl (C=O) groups is 1. The Balaban J connectivity index is 1.49. The minimum absolute atomic E-state index is 0.113. The lowest BCUT2D eigenvalue weighted by Crippen LogP contribution is -2.54. The van der Waals surface area contributed by atoms with Crippen LogP contribution in [0.2, 0.25) is 0 Å². The standard InChI is InChI=1S/C25H41NO3/c1-16(11-14-26-28)21-7-8-22-20-6-5-18-15-19(29-17(2)27)9-12-24(18,3)23(20)10-13-25(21,22)4/h14,16,18-23,28H,5-13,15H2,1-4H3/b26-14+/t16-,18-,19-,20+,21-,22+,23+,24+,25-/m1/s1.